The quantitative estimate of drug-likeness (QED) is 0.186. The van der Waals surface area contributed by atoms with Crippen LogP contribution in [0.5, 0.6) is 0 Å². The summed E-state index contributed by atoms with van der Waals surface area (Å²) < 4.78 is 25.2. The van der Waals surface area contributed by atoms with Crippen LogP contribution in [0, 0.1) is 24.6 Å². The lowest BCUT2D eigenvalue weighted by molar-refractivity contribution is -0.166. The summed E-state index contributed by atoms with van der Waals surface area (Å²) in [7, 11) is 0. The van der Waals surface area contributed by atoms with Crippen molar-refractivity contribution in [1.82, 2.24) is 0 Å². The SMILES string of the molecule is CCOC(=O)C(OC(C)(C)C)c1c(C)cc2ccc(C#CC(C)(O)c3ccc(F)cc3)cc2c1-c1ccc(Cl)cc1. The van der Waals surface area contributed by atoms with E-state index in [0.29, 0.717) is 21.7 Å². The fraction of sp³-hybridized carbons (Fsp3) is 0.286. The van der Waals surface area contributed by atoms with Crippen LogP contribution in [-0.2, 0) is 19.9 Å². The van der Waals surface area contributed by atoms with E-state index in [1.165, 1.54) is 24.3 Å². The van der Waals surface area contributed by atoms with Crippen LogP contribution in [0.1, 0.15) is 63.0 Å². The number of fused-ring (bicyclic) bond motifs is 1. The van der Waals surface area contributed by atoms with Crippen molar-refractivity contribution in [2.24, 2.45) is 0 Å². The van der Waals surface area contributed by atoms with E-state index in [2.05, 4.69) is 11.8 Å². The lowest BCUT2D eigenvalue weighted by atomic mass is 9.86. The number of carbonyl (C=O) groups is 1. The summed E-state index contributed by atoms with van der Waals surface area (Å²) in [4.78, 5) is 13.3. The molecule has 0 aliphatic carbocycles. The zero-order valence-corrected chi connectivity index (χ0v) is 24.9. The molecule has 0 aliphatic rings. The van der Waals surface area contributed by atoms with Crippen molar-refractivity contribution >= 4 is 28.3 Å². The zero-order valence-electron chi connectivity index (χ0n) is 24.1. The van der Waals surface area contributed by atoms with Crippen LogP contribution in [0.4, 0.5) is 4.39 Å². The Bertz CT molecular complexity index is 1620. The summed E-state index contributed by atoms with van der Waals surface area (Å²) >= 11 is 6.24. The van der Waals surface area contributed by atoms with Gasteiger partial charge in [0.2, 0.25) is 0 Å². The highest BCUT2D eigenvalue weighted by Gasteiger charge is 2.33. The Morgan fingerprint density at radius 3 is 2.27 bits per heavy atom. The first-order chi connectivity index (χ1) is 19.3. The fourth-order valence-electron chi connectivity index (χ4n) is 4.73. The minimum atomic E-state index is -1.49. The van der Waals surface area contributed by atoms with Crippen LogP contribution < -0.4 is 0 Å². The van der Waals surface area contributed by atoms with Gasteiger partial charge in [-0.15, -0.1) is 0 Å². The highest BCUT2D eigenvalue weighted by Crippen LogP contribution is 2.41. The topological polar surface area (TPSA) is 55.8 Å². The van der Waals surface area contributed by atoms with Gasteiger partial charge in [-0.25, -0.2) is 9.18 Å². The van der Waals surface area contributed by atoms with E-state index in [0.717, 1.165) is 27.5 Å². The normalized spacial score (nSPS) is 13.7. The van der Waals surface area contributed by atoms with Gasteiger partial charge in [0.1, 0.15) is 11.4 Å². The van der Waals surface area contributed by atoms with E-state index in [-0.39, 0.29) is 12.4 Å². The maximum absolute atomic E-state index is 13.4. The molecule has 2 atom stereocenters. The number of benzene rings is 4. The van der Waals surface area contributed by atoms with Gasteiger partial charge in [0.15, 0.2) is 6.10 Å². The number of ether oxygens (including phenoxy) is 2. The summed E-state index contributed by atoms with van der Waals surface area (Å²) in [5.74, 6) is 5.16. The number of rotatable bonds is 6. The monoisotopic (exact) mass is 572 g/mol. The molecule has 0 aromatic heterocycles. The second-order valence-electron chi connectivity index (χ2n) is 11.1. The Balaban J connectivity index is 1.96. The van der Waals surface area contributed by atoms with Gasteiger partial charge in [0, 0.05) is 16.1 Å². The first-order valence-corrected chi connectivity index (χ1v) is 13.9. The molecule has 0 fully saturated rings. The summed E-state index contributed by atoms with van der Waals surface area (Å²) in [5.41, 5.74) is 2.28. The van der Waals surface area contributed by atoms with Crippen molar-refractivity contribution in [1.29, 1.82) is 0 Å². The molecular weight excluding hydrogens is 539 g/mol. The molecule has 0 bridgehead atoms. The molecule has 4 aromatic rings. The first-order valence-electron chi connectivity index (χ1n) is 13.5. The molecule has 1 N–H and O–H groups in total. The second kappa shape index (κ2) is 12.0. The predicted molar refractivity (Wildman–Crippen MR) is 162 cm³/mol. The number of hydrogen-bond acceptors (Lipinski definition) is 4. The Kier molecular flexibility index (Phi) is 8.89. The van der Waals surface area contributed by atoms with E-state index in [4.69, 9.17) is 21.1 Å². The molecule has 4 rings (SSSR count). The summed E-state index contributed by atoms with van der Waals surface area (Å²) in [6, 6.07) is 20.9. The van der Waals surface area contributed by atoms with Crippen LogP contribution in [0.2, 0.25) is 5.02 Å². The highest BCUT2D eigenvalue weighted by atomic mass is 35.5. The Morgan fingerprint density at radius 2 is 1.66 bits per heavy atom. The third kappa shape index (κ3) is 7.15. The molecule has 0 amide bonds. The minimum Gasteiger partial charge on any atom is -0.464 e. The zero-order chi connectivity index (χ0) is 29.9. The second-order valence-corrected chi connectivity index (χ2v) is 11.6. The average molecular weight is 573 g/mol. The molecule has 0 aliphatic heterocycles. The Morgan fingerprint density at radius 1 is 1.00 bits per heavy atom. The molecule has 2 unspecified atom stereocenters. The van der Waals surface area contributed by atoms with Gasteiger partial charge < -0.3 is 14.6 Å². The molecule has 4 nitrogen and oxygen atoms in total. The molecule has 0 spiro atoms. The molecule has 6 heteroatoms. The van der Waals surface area contributed by atoms with Crippen molar-refractivity contribution < 1.29 is 23.8 Å². The van der Waals surface area contributed by atoms with Crippen LogP contribution >= 0.6 is 11.6 Å². The van der Waals surface area contributed by atoms with Crippen molar-refractivity contribution in [2.75, 3.05) is 6.61 Å². The lowest BCUT2D eigenvalue weighted by Crippen LogP contribution is -2.29. The third-order valence-corrected chi connectivity index (χ3v) is 6.86. The number of esters is 1. The van der Waals surface area contributed by atoms with Gasteiger partial charge in [-0.2, -0.15) is 0 Å². The fourth-order valence-corrected chi connectivity index (χ4v) is 4.86. The van der Waals surface area contributed by atoms with Crippen molar-refractivity contribution in [3.05, 3.63) is 106 Å². The largest absolute Gasteiger partial charge is 0.464 e. The molecule has 0 radical (unpaired) electrons. The van der Waals surface area contributed by atoms with Gasteiger partial charge in [0.25, 0.3) is 0 Å². The summed E-state index contributed by atoms with van der Waals surface area (Å²) in [5, 5.41) is 13.4. The number of carbonyl (C=O) groups excluding carboxylic acids is 1. The maximum Gasteiger partial charge on any atom is 0.339 e. The standard InChI is InChI=1S/C35H34ClFO4/c1-7-40-33(38)32(41-34(3,4)5)30-22(2)20-25-9-8-23(18-19-35(6,39)26-12-16-28(37)17-13-26)21-29(25)31(30)24-10-14-27(36)15-11-24/h8-17,20-21,32,39H,7H2,1-6H3. The number of aryl methyl sites for hydroxylation is 1. The van der Waals surface area contributed by atoms with Crippen LogP contribution in [0.15, 0.2) is 72.8 Å². The lowest BCUT2D eigenvalue weighted by Gasteiger charge is -2.29. The number of aliphatic hydroxyl groups is 1. The third-order valence-electron chi connectivity index (χ3n) is 6.61. The van der Waals surface area contributed by atoms with Crippen molar-refractivity contribution in [2.45, 2.75) is 58.8 Å². The van der Waals surface area contributed by atoms with Crippen molar-refractivity contribution in [3.63, 3.8) is 0 Å². The molecule has 4 aromatic carbocycles. The van der Waals surface area contributed by atoms with Gasteiger partial charge >= 0.3 is 5.97 Å². The minimum absolute atomic E-state index is 0.222. The molecule has 0 heterocycles. The Labute approximate surface area is 246 Å². The van der Waals surface area contributed by atoms with Crippen LogP contribution in [-0.4, -0.2) is 23.3 Å². The van der Waals surface area contributed by atoms with E-state index in [9.17, 15) is 14.3 Å². The number of hydrogen-bond donors (Lipinski definition) is 1. The van der Waals surface area contributed by atoms with E-state index in [1.54, 1.807) is 13.8 Å². The van der Waals surface area contributed by atoms with Gasteiger partial charge in [-0.3, -0.25) is 0 Å². The van der Waals surface area contributed by atoms with E-state index >= 15 is 0 Å². The van der Waals surface area contributed by atoms with E-state index < -0.39 is 23.3 Å². The average Bonchev–Trinajstić information content (AvgIpc) is 2.90. The predicted octanol–water partition coefficient (Wildman–Crippen LogP) is 8.29. The molecule has 0 saturated heterocycles. The Hall–Kier alpha value is -3.69. The highest BCUT2D eigenvalue weighted by molar-refractivity contribution is 6.30. The molecule has 212 valence electrons. The van der Waals surface area contributed by atoms with Gasteiger partial charge in [0.05, 0.1) is 12.2 Å². The van der Waals surface area contributed by atoms with Crippen molar-refractivity contribution in [3.8, 4) is 23.0 Å². The summed E-state index contributed by atoms with van der Waals surface area (Å²) in [6.45, 7) is 11.2. The molecule has 41 heavy (non-hydrogen) atoms. The van der Waals surface area contributed by atoms with Gasteiger partial charge in [-0.1, -0.05) is 59.8 Å². The first kappa shape index (κ1) is 30.3. The summed E-state index contributed by atoms with van der Waals surface area (Å²) in [6.07, 6.45) is -0.973. The van der Waals surface area contributed by atoms with E-state index in [1.807, 2.05) is 76.2 Å². The maximum atomic E-state index is 13.4. The smallest absolute Gasteiger partial charge is 0.339 e. The molecular formula is C35H34ClFO4. The number of halogens is 2. The molecule has 0 saturated carbocycles. The van der Waals surface area contributed by atoms with Crippen LogP contribution in [0.25, 0.3) is 21.9 Å². The van der Waals surface area contributed by atoms with Gasteiger partial charge in [-0.05, 0) is 111 Å². The van der Waals surface area contributed by atoms with Crippen LogP contribution in [0.3, 0.4) is 0 Å².